The topological polar surface area (TPSA) is 108 Å². The van der Waals surface area contributed by atoms with Crippen LogP contribution < -0.4 is 0 Å². The predicted octanol–water partition coefficient (Wildman–Crippen LogP) is 21.2. The molecule has 9 nitrogen and oxygen atoms in total. The number of hydrogen-bond donors (Lipinski definition) is 1. The van der Waals surface area contributed by atoms with Crippen molar-refractivity contribution >= 4 is 17.9 Å². The van der Waals surface area contributed by atoms with Crippen LogP contribution in [0.4, 0.5) is 0 Å². The Morgan fingerprint density at radius 3 is 1.06 bits per heavy atom. The van der Waals surface area contributed by atoms with Crippen molar-refractivity contribution < 1.29 is 42.9 Å². The molecule has 0 aromatic rings. The van der Waals surface area contributed by atoms with E-state index in [1.54, 1.807) is 0 Å². The van der Waals surface area contributed by atoms with Crippen molar-refractivity contribution in [2.45, 2.75) is 309 Å². The molecule has 0 rings (SSSR count). The van der Waals surface area contributed by atoms with Crippen molar-refractivity contribution in [1.82, 2.24) is 0 Å². The van der Waals surface area contributed by atoms with E-state index >= 15 is 0 Å². The van der Waals surface area contributed by atoms with Crippen molar-refractivity contribution in [3.05, 3.63) is 97.2 Å². The first-order valence-corrected chi connectivity index (χ1v) is 34.4. The van der Waals surface area contributed by atoms with Gasteiger partial charge in [-0.1, -0.05) is 291 Å². The van der Waals surface area contributed by atoms with Crippen molar-refractivity contribution in [3.8, 4) is 0 Å². The predicted molar refractivity (Wildman–Crippen MR) is 355 cm³/mol. The van der Waals surface area contributed by atoms with E-state index in [4.69, 9.17) is 18.9 Å². The monoisotopic (exact) mass is 1160 g/mol. The van der Waals surface area contributed by atoms with Crippen LogP contribution >= 0.6 is 0 Å². The summed E-state index contributed by atoms with van der Waals surface area (Å²) in [7, 11) is 5.95. The summed E-state index contributed by atoms with van der Waals surface area (Å²) < 4.78 is 22.8. The Hall–Kier alpha value is -3.79. The molecule has 0 aliphatic carbocycles. The number of carbonyl (C=O) groups excluding carboxylic acids is 2. The quantitative estimate of drug-likeness (QED) is 0.0211. The van der Waals surface area contributed by atoms with Gasteiger partial charge >= 0.3 is 17.9 Å². The van der Waals surface area contributed by atoms with Crippen LogP contribution in [-0.2, 0) is 33.3 Å². The number of carbonyl (C=O) groups is 3. The van der Waals surface area contributed by atoms with Gasteiger partial charge in [-0.25, -0.2) is 4.79 Å². The van der Waals surface area contributed by atoms with Gasteiger partial charge in [0.2, 0.25) is 0 Å². The second-order valence-electron chi connectivity index (χ2n) is 24.1. The molecular formula is C74H130NO8+. The highest BCUT2D eigenvalue weighted by Crippen LogP contribution is 2.18. The summed E-state index contributed by atoms with van der Waals surface area (Å²) in [5.41, 5.74) is 0. The average molecular weight is 1160 g/mol. The van der Waals surface area contributed by atoms with Crippen molar-refractivity contribution in [2.24, 2.45) is 0 Å². The first kappa shape index (κ1) is 79.2. The van der Waals surface area contributed by atoms with E-state index in [0.29, 0.717) is 17.4 Å². The molecule has 0 fully saturated rings. The van der Waals surface area contributed by atoms with E-state index in [0.717, 1.165) is 70.6 Å². The van der Waals surface area contributed by atoms with Gasteiger partial charge in [-0.2, -0.15) is 0 Å². The van der Waals surface area contributed by atoms with E-state index in [9.17, 15) is 19.5 Å². The molecule has 0 amide bonds. The van der Waals surface area contributed by atoms with Crippen molar-refractivity contribution in [2.75, 3.05) is 47.5 Å². The van der Waals surface area contributed by atoms with Crippen LogP contribution in [0.2, 0.25) is 0 Å². The molecule has 2 unspecified atom stereocenters. The highest BCUT2D eigenvalue weighted by Gasteiger charge is 2.25. The lowest BCUT2D eigenvalue weighted by atomic mass is 10.0. The Morgan fingerprint density at radius 2 is 0.699 bits per heavy atom. The molecule has 9 heteroatoms. The number of esters is 2. The van der Waals surface area contributed by atoms with Crippen LogP contribution in [0.25, 0.3) is 0 Å². The minimum Gasteiger partial charge on any atom is -0.477 e. The summed E-state index contributed by atoms with van der Waals surface area (Å²) in [6.07, 6.45) is 85.6. The van der Waals surface area contributed by atoms with E-state index in [1.165, 1.54) is 193 Å². The zero-order valence-electron chi connectivity index (χ0n) is 54.6. The zero-order valence-corrected chi connectivity index (χ0v) is 54.6. The number of ether oxygens (including phenoxy) is 4. The van der Waals surface area contributed by atoms with E-state index in [1.807, 2.05) is 21.1 Å². The summed E-state index contributed by atoms with van der Waals surface area (Å²) in [5, 5.41) is 9.71. The van der Waals surface area contributed by atoms with Gasteiger partial charge in [-0.05, 0) is 89.9 Å². The molecule has 0 bridgehead atoms. The number of allylic oxidation sites excluding steroid dienone is 16. The summed E-state index contributed by atoms with van der Waals surface area (Å²) in [6.45, 7) is 4.70. The maximum atomic E-state index is 12.8. The normalized spacial score (nSPS) is 13.3. The Labute approximate surface area is 512 Å². The van der Waals surface area contributed by atoms with Gasteiger partial charge in [0.1, 0.15) is 13.2 Å². The van der Waals surface area contributed by atoms with Gasteiger partial charge in [-0.3, -0.25) is 9.59 Å². The third kappa shape index (κ3) is 65.6. The maximum absolute atomic E-state index is 12.8. The fraction of sp³-hybridized carbons (Fsp3) is 0.743. The number of nitrogens with zero attached hydrogens (tertiary/aromatic N) is 1. The molecule has 0 aromatic carbocycles. The van der Waals surface area contributed by atoms with Crippen LogP contribution in [0.15, 0.2) is 97.2 Å². The van der Waals surface area contributed by atoms with E-state index < -0.39 is 24.3 Å². The first-order chi connectivity index (χ1) is 40.6. The molecule has 0 radical (unpaired) electrons. The second-order valence-corrected chi connectivity index (χ2v) is 24.1. The highest BCUT2D eigenvalue weighted by atomic mass is 16.7. The molecule has 0 spiro atoms. The van der Waals surface area contributed by atoms with Gasteiger partial charge in [0.15, 0.2) is 6.10 Å². The van der Waals surface area contributed by atoms with E-state index in [-0.39, 0.29) is 38.6 Å². The summed E-state index contributed by atoms with van der Waals surface area (Å²) >= 11 is 0. The van der Waals surface area contributed by atoms with Crippen LogP contribution in [0.3, 0.4) is 0 Å². The molecule has 83 heavy (non-hydrogen) atoms. The fourth-order valence-corrected chi connectivity index (χ4v) is 9.59. The Balaban J connectivity index is 3.97. The molecule has 0 aliphatic rings. The lowest BCUT2D eigenvalue weighted by Gasteiger charge is -2.25. The number of quaternary nitrogens is 1. The lowest BCUT2D eigenvalue weighted by Crippen LogP contribution is -2.40. The highest BCUT2D eigenvalue weighted by molar-refractivity contribution is 5.71. The Bertz CT molecular complexity index is 1680. The number of likely N-dealkylation sites (N-methyl/N-ethyl adjacent to an activating group) is 1. The third-order valence-corrected chi connectivity index (χ3v) is 14.8. The first-order valence-electron chi connectivity index (χ1n) is 34.4. The standard InChI is InChI=1S/C74H129NO8/c1-6-8-10-12-14-16-18-20-22-24-25-26-27-28-29-30-31-32-33-34-35-36-37-38-39-40-41-42-43-44-45-46-47-49-50-52-54-56-58-60-62-64-71(76)81-68-70(69-82-74(73(78)79)80-67-66-75(3,4)5)83-72(77)65-63-61-59-57-55-53-51-48-23-21-19-17-15-13-11-9-7-2/h9,11,15,17-18,20-21,23-25,27-28,51,53,57,59,70,74H,6-8,10,12-14,16,19,22,26,29-50,52,54-56,58,60-69H2,1-5H3/p+1/b11-9-,17-15-,20-18-,23-21-,25-24-,28-27-,53-51-,59-57-. The average Bonchev–Trinajstić information content (AvgIpc) is 3.46. The minimum absolute atomic E-state index is 0.174. The van der Waals surface area contributed by atoms with Gasteiger partial charge < -0.3 is 28.5 Å². The number of unbranched alkanes of at least 4 members (excludes halogenated alkanes) is 32. The SMILES string of the molecule is CC/C=C\C/C=C\C/C=C\C/C=C\C/C=C\CCCC(=O)OC(COC(=O)CCCCCCCCCCCCCCCCCCCCCCCCCCCC/C=C\C/C=C\C/C=C\CCCCCCC)COC(OCC[N+](C)(C)C)C(=O)O. The lowest BCUT2D eigenvalue weighted by molar-refractivity contribution is -0.870. The molecule has 0 saturated heterocycles. The number of aliphatic carboxylic acids is 1. The van der Waals surface area contributed by atoms with E-state index in [2.05, 4.69) is 111 Å². The molecule has 2 atom stereocenters. The minimum atomic E-state index is -1.53. The molecule has 1 N–H and O–H groups in total. The summed E-state index contributed by atoms with van der Waals surface area (Å²) in [4.78, 5) is 37.5. The molecule has 0 aliphatic heterocycles. The Morgan fingerprint density at radius 1 is 0.373 bits per heavy atom. The number of carboxylic acid groups (broad SMARTS) is 1. The van der Waals surface area contributed by atoms with Gasteiger partial charge in [0, 0.05) is 12.8 Å². The fourth-order valence-electron chi connectivity index (χ4n) is 9.59. The third-order valence-electron chi connectivity index (χ3n) is 14.8. The molecule has 0 aromatic heterocycles. The van der Waals surface area contributed by atoms with Crippen molar-refractivity contribution in [3.63, 3.8) is 0 Å². The largest absolute Gasteiger partial charge is 0.477 e. The van der Waals surface area contributed by atoms with Crippen molar-refractivity contribution in [1.29, 1.82) is 0 Å². The number of hydrogen-bond acceptors (Lipinski definition) is 7. The molecule has 0 saturated carbocycles. The van der Waals surface area contributed by atoms with Crippen LogP contribution in [0.5, 0.6) is 0 Å². The maximum Gasteiger partial charge on any atom is 0.361 e. The molecular weight excluding hydrogens is 1030 g/mol. The summed E-state index contributed by atoms with van der Waals surface area (Å²) in [5.74, 6) is -2.08. The van der Waals surface area contributed by atoms with Gasteiger partial charge in [0.25, 0.3) is 6.29 Å². The number of rotatable bonds is 63. The second kappa shape index (κ2) is 64.2. The number of carboxylic acids is 1. The van der Waals surface area contributed by atoms with Gasteiger partial charge in [0.05, 0.1) is 34.4 Å². The summed E-state index contributed by atoms with van der Waals surface area (Å²) in [6, 6.07) is 0. The van der Waals surface area contributed by atoms with Crippen LogP contribution in [0.1, 0.15) is 296 Å². The molecule has 478 valence electrons. The van der Waals surface area contributed by atoms with Crippen LogP contribution in [0, 0.1) is 0 Å². The smallest absolute Gasteiger partial charge is 0.361 e. The zero-order chi connectivity index (χ0) is 60.5. The van der Waals surface area contributed by atoms with Crippen LogP contribution in [-0.4, -0.2) is 87.4 Å². The molecule has 0 heterocycles. The Kier molecular flexibility index (Phi) is 61.3. The van der Waals surface area contributed by atoms with Gasteiger partial charge in [-0.15, -0.1) is 0 Å².